The van der Waals surface area contributed by atoms with E-state index in [1.807, 2.05) is 26.0 Å². The molecule has 2 rings (SSSR count). The van der Waals surface area contributed by atoms with Gasteiger partial charge >= 0.3 is 0 Å². The fraction of sp³-hybridized carbons (Fsp3) is 0.200. The van der Waals surface area contributed by atoms with Gasteiger partial charge in [0.1, 0.15) is 11.6 Å². The van der Waals surface area contributed by atoms with Gasteiger partial charge in [-0.05, 0) is 55.4 Å². The molecule has 0 amide bonds. The van der Waals surface area contributed by atoms with Gasteiger partial charge in [0.2, 0.25) is 0 Å². The molecule has 1 atom stereocenters. The number of rotatable bonds is 3. The van der Waals surface area contributed by atoms with Gasteiger partial charge < -0.3 is 10.6 Å². The highest BCUT2D eigenvalue weighted by Gasteiger charge is 2.08. The van der Waals surface area contributed by atoms with Gasteiger partial charge in [-0.1, -0.05) is 18.2 Å². The van der Waals surface area contributed by atoms with Crippen LogP contribution in [0.4, 0.5) is 10.2 Å². The minimum absolute atomic E-state index is 0.0142. The summed E-state index contributed by atoms with van der Waals surface area (Å²) in [6, 6.07) is 10.2. The van der Waals surface area contributed by atoms with Crippen LogP contribution < -0.4 is 10.6 Å². The summed E-state index contributed by atoms with van der Waals surface area (Å²) in [5.41, 5.74) is 1.99. The van der Waals surface area contributed by atoms with Crippen LogP contribution in [0.15, 0.2) is 42.6 Å². The molecule has 0 saturated heterocycles. The molecule has 1 heterocycles. The summed E-state index contributed by atoms with van der Waals surface area (Å²) in [6.07, 6.45) is 1.71. The summed E-state index contributed by atoms with van der Waals surface area (Å²) in [6.45, 7) is 3.92. The Kier molecular flexibility index (Phi) is 4.63. The predicted octanol–water partition coefficient (Wildman–Crippen LogP) is 3.58. The zero-order valence-corrected chi connectivity index (χ0v) is 12.2. The van der Waals surface area contributed by atoms with Crippen molar-refractivity contribution in [2.75, 3.05) is 5.32 Å². The number of anilines is 1. The van der Waals surface area contributed by atoms with Gasteiger partial charge in [-0.25, -0.2) is 9.37 Å². The Hall–Kier alpha value is -2.01. The molecule has 0 aliphatic heterocycles. The topological polar surface area (TPSA) is 37.0 Å². The average molecular weight is 289 g/mol. The molecule has 0 radical (unpaired) electrons. The first-order chi connectivity index (χ1) is 9.56. The van der Waals surface area contributed by atoms with Crippen molar-refractivity contribution in [1.29, 1.82) is 0 Å². The molecule has 3 nitrogen and oxygen atoms in total. The van der Waals surface area contributed by atoms with Gasteiger partial charge in [-0.3, -0.25) is 0 Å². The molecule has 2 aromatic rings. The molecular weight excluding hydrogens is 273 g/mol. The zero-order chi connectivity index (χ0) is 14.5. The van der Waals surface area contributed by atoms with Crippen LogP contribution in [-0.4, -0.2) is 10.1 Å². The van der Waals surface area contributed by atoms with Crippen LogP contribution in [0.25, 0.3) is 0 Å². The summed E-state index contributed by atoms with van der Waals surface area (Å²) >= 11 is 5.26. The Morgan fingerprint density at radius 1 is 1.25 bits per heavy atom. The molecule has 0 fully saturated rings. The number of nitrogens with zero attached hydrogens (tertiary/aromatic N) is 1. The number of aromatic nitrogens is 1. The van der Waals surface area contributed by atoms with Crippen LogP contribution in [0.5, 0.6) is 0 Å². The molecule has 0 bridgehead atoms. The Balaban J connectivity index is 1.98. The van der Waals surface area contributed by atoms with Crippen molar-refractivity contribution in [2.24, 2.45) is 0 Å². The third-order valence-corrected chi connectivity index (χ3v) is 3.18. The molecule has 0 aliphatic rings. The van der Waals surface area contributed by atoms with Crippen LogP contribution in [0.2, 0.25) is 0 Å². The van der Waals surface area contributed by atoms with Crippen molar-refractivity contribution in [2.45, 2.75) is 19.9 Å². The maximum Gasteiger partial charge on any atom is 0.172 e. The Morgan fingerprint density at radius 3 is 2.60 bits per heavy atom. The first kappa shape index (κ1) is 14.4. The fourth-order valence-electron chi connectivity index (χ4n) is 1.79. The molecule has 2 N–H and O–H groups in total. The monoisotopic (exact) mass is 289 g/mol. The normalized spacial score (nSPS) is 11.8. The second-order valence-electron chi connectivity index (χ2n) is 4.54. The number of hydrogen-bond donors (Lipinski definition) is 2. The lowest BCUT2D eigenvalue weighted by Crippen LogP contribution is -2.31. The van der Waals surface area contributed by atoms with E-state index in [1.165, 1.54) is 12.1 Å². The number of pyridine rings is 1. The molecule has 104 valence electrons. The van der Waals surface area contributed by atoms with Crippen LogP contribution in [-0.2, 0) is 0 Å². The molecular formula is C15H16FN3S. The van der Waals surface area contributed by atoms with E-state index in [1.54, 1.807) is 18.3 Å². The second kappa shape index (κ2) is 6.43. The predicted molar refractivity (Wildman–Crippen MR) is 83.1 cm³/mol. The molecule has 0 aliphatic carbocycles. The summed E-state index contributed by atoms with van der Waals surface area (Å²) in [7, 11) is 0. The molecule has 20 heavy (non-hydrogen) atoms. The molecule has 0 spiro atoms. The Labute approximate surface area is 123 Å². The maximum absolute atomic E-state index is 12.9. The van der Waals surface area contributed by atoms with E-state index >= 15 is 0 Å². The standard InChI is InChI=1S/C15H16FN3S/c1-10-4-3-9-17-14(10)19-15(20)18-11(2)12-5-7-13(16)8-6-12/h3-9,11H,1-2H3,(H2,17,18,19,20). The SMILES string of the molecule is Cc1cccnc1NC(=S)NC(C)c1ccc(F)cc1. The maximum atomic E-state index is 12.9. The summed E-state index contributed by atoms with van der Waals surface area (Å²) in [5.74, 6) is 0.488. The quantitative estimate of drug-likeness (QED) is 0.847. The number of hydrogen-bond acceptors (Lipinski definition) is 2. The zero-order valence-electron chi connectivity index (χ0n) is 11.4. The minimum atomic E-state index is -0.245. The van der Waals surface area contributed by atoms with Gasteiger partial charge in [0.15, 0.2) is 5.11 Å². The highest BCUT2D eigenvalue weighted by atomic mass is 32.1. The van der Waals surface area contributed by atoms with Crippen molar-refractivity contribution in [1.82, 2.24) is 10.3 Å². The van der Waals surface area contributed by atoms with E-state index in [-0.39, 0.29) is 11.9 Å². The smallest absolute Gasteiger partial charge is 0.172 e. The number of halogens is 1. The minimum Gasteiger partial charge on any atom is -0.356 e. The third kappa shape index (κ3) is 3.74. The average Bonchev–Trinajstić information content (AvgIpc) is 2.42. The largest absolute Gasteiger partial charge is 0.356 e. The second-order valence-corrected chi connectivity index (χ2v) is 4.95. The third-order valence-electron chi connectivity index (χ3n) is 2.96. The molecule has 1 aromatic carbocycles. The number of benzene rings is 1. The first-order valence-corrected chi connectivity index (χ1v) is 6.71. The fourth-order valence-corrected chi connectivity index (χ4v) is 2.07. The van der Waals surface area contributed by atoms with Gasteiger partial charge in [-0.15, -0.1) is 0 Å². The molecule has 5 heteroatoms. The van der Waals surface area contributed by atoms with Crippen LogP contribution in [0.3, 0.4) is 0 Å². The number of aryl methyl sites for hydroxylation is 1. The van der Waals surface area contributed by atoms with E-state index in [2.05, 4.69) is 15.6 Å². The van der Waals surface area contributed by atoms with Gasteiger partial charge in [-0.2, -0.15) is 0 Å². The van der Waals surface area contributed by atoms with Crippen molar-refractivity contribution in [3.63, 3.8) is 0 Å². The van der Waals surface area contributed by atoms with Crippen molar-refractivity contribution in [3.8, 4) is 0 Å². The lowest BCUT2D eigenvalue weighted by molar-refractivity contribution is 0.624. The van der Waals surface area contributed by atoms with Crippen LogP contribution in [0, 0.1) is 12.7 Å². The van der Waals surface area contributed by atoms with Gasteiger partial charge in [0.25, 0.3) is 0 Å². The van der Waals surface area contributed by atoms with E-state index in [0.717, 1.165) is 16.9 Å². The van der Waals surface area contributed by atoms with E-state index in [4.69, 9.17) is 12.2 Å². The summed E-state index contributed by atoms with van der Waals surface area (Å²) in [5, 5.41) is 6.70. The molecule has 1 unspecified atom stereocenters. The van der Waals surface area contributed by atoms with Crippen molar-refractivity contribution in [3.05, 3.63) is 59.5 Å². The van der Waals surface area contributed by atoms with Gasteiger partial charge in [0, 0.05) is 6.20 Å². The van der Waals surface area contributed by atoms with E-state index in [9.17, 15) is 4.39 Å². The lowest BCUT2D eigenvalue weighted by atomic mass is 10.1. The van der Waals surface area contributed by atoms with E-state index < -0.39 is 0 Å². The number of nitrogens with one attached hydrogen (secondary N) is 2. The van der Waals surface area contributed by atoms with Gasteiger partial charge in [0.05, 0.1) is 6.04 Å². The Bertz CT molecular complexity index is 598. The van der Waals surface area contributed by atoms with Crippen molar-refractivity contribution < 1.29 is 4.39 Å². The van der Waals surface area contributed by atoms with Crippen LogP contribution in [0.1, 0.15) is 24.1 Å². The highest BCUT2D eigenvalue weighted by molar-refractivity contribution is 7.80. The lowest BCUT2D eigenvalue weighted by Gasteiger charge is -2.17. The van der Waals surface area contributed by atoms with E-state index in [0.29, 0.717) is 5.11 Å². The first-order valence-electron chi connectivity index (χ1n) is 6.31. The van der Waals surface area contributed by atoms with Crippen molar-refractivity contribution >= 4 is 23.1 Å². The highest BCUT2D eigenvalue weighted by Crippen LogP contribution is 2.14. The Morgan fingerprint density at radius 2 is 1.95 bits per heavy atom. The molecule has 1 aromatic heterocycles. The summed E-state index contributed by atoms with van der Waals surface area (Å²) in [4.78, 5) is 4.22. The number of thiocarbonyl (C=S) groups is 1. The van der Waals surface area contributed by atoms with Crippen LogP contribution >= 0.6 is 12.2 Å². The summed E-state index contributed by atoms with van der Waals surface area (Å²) < 4.78 is 12.9. The molecule has 0 saturated carbocycles.